The molecule has 2 rings (SSSR count). The van der Waals surface area contributed by atoms with E-state index in [1.807, 2.05) is 4.90 Å². The first-order chi connectivity index (χ1) is 11.6. The van der Waals surface area contributed by atoms with Gasteiger partial charge in [0, 0.05) is 32.6 Å². The van der Waals surface area contributed by atoms with Gasteiger partial charge in [0.25, 0.3) is 0 Å². The summed E-state index contributed by atoms with van der Waals surface area (Å²) in [4.78, 5) is 26.3. The maximum Gasteiger partial charge on any atom is 0.224 e. The van der Waals surface area contributed by atoms with E-state index in [2.05, 4.69) is 36.5 Å². The Morgan fingerprint density at radius 2 is 2.00 bits per heavy atom. The van der Waals surface area contributed by atoms with Crippen LogP contribution in [0.3, 0.4) is 0 Å². The van der Waals surface area contributed by atoms with Crippen LogP contribution in [-0.4, -0.2) is 42.9 Å². The Morgan fingerprint density at radius 1 is 1.28 bits per heavy atom. The molecule has 1 aromatic rings. The minimum Gasteiger partial charge on any atom is -0.355 e. The summed E-state index contributed by atoms with van der Waals surface area (Å²) in [7, 11) is 0. The third kappa shape index (κ3) is 7.04. The molecule has 0 radical (unpaired) electrons. The monoisotopic (exact) mass is 367 g/mol. The minimum absolute atomic E-state index is 0. The summed E-state index contributed by atoms with van der Waals surface area (Å²) in [6, 6.07) is 8.45. The molecule has 3 N–H and O–H groups in total. The largest absolute Gasteiger partial charge is 0.355 e. The Bertz CT molecular complexity index is 548. The van der Waals surface area contributed by atoms with Crippen molar-refractivity contribution in [3.05, 3.63) is 35.4 Å². The van der Waals surface area contributed by atoms with Gasteiger partial charge < -0.3 is 16.0 Å². The highest BCUT2D eigenvalue weighted by atomic mass is 35.5. The summed E-state index contributed by atoms with van der Waals surface area (Å²) in [5.74, 6) is 0.0994. The molecule has 1 aliphatic heterocycles. The van der Waals surface area contributed by atoms with E-state index in [9.17, 15) is 9.59 Å². The number of rotatable bonds is 7. The van der Waals surface area contributed by atoms with Gasteiger partial charge in [-0.25, -0.2) is 0 Å². The molecule has 0 bridgehead atoms. The van der Waals surface area contributed by atoms with E-state index in [4.69, 9.17) is 5.73 Å². The summed E-state index contributed by atoms with van der Waals surface area (Å²) >= 11 is 0. The molecule has 140 valence electrons. The zero-order chi connectivity index (χ0) is 17.4. The van der Waals surface area contributed by atoms with Crippen LogP contribution in [0.1, 0.15) is 36.8 Å². The fourth-order valence-corrected chi connectivity index (χ4v) is 3.11. The molecule has 5 nitrogen and oxygen atoms in total. The standard InChI is InChI=1S/C19H29N3O2.ClH/c1-15-7-9-16(10-8-15)4-2-6-18(23)22-13-3-5-17(14-22)19(24)21-12-11-20;/h7-10,17H,2-6,11-14,20H2,1H3,(H,21,24);1H. The van der Waals surface area contributed by atoms with Crippen LogP contribution in [0.5, 0.6) is 0 Å². The van der Waals surface area contributed by atoms with Gasteiger partial charge in [0.05, 0.1) is 5.92 Å². The van der Waals surface area contributed by atoms with Crippen molar-refractivity contribution in [2.45, 2.75) is 39.0 Å². The lowest BCUT2D eigenvalue weighted by atomic mass is 9.96. The van der Waals surface area contributed by atoms with Crippen molar-refractivity contribution in [3.63, 3.8) is 0 Å². The third-order valence-electron chi connectivity index (χ3n) is 4.57. The van der Waals surface area contributed by atoms with Crippen LogP contribution < -0.4 is 11.1 Å². The maximum absolute atomic E-state index is 12.4. The van der Waals surface area contributed by atoms with Crippen LogP contribution in [0.4, 0.5) is 0 Å². The van der Waals surface area contributed by atoms with E-state index in [1.165, 1.54) is 11.1 Å². The highest BCUT2D eigenvalue weighted by molar-refractivity contribution is 5.85. The molecule has 6 heteroatoms. The molecule has 25 heavy (non-hydrogen) atoms. The quantitative estimate of drug-likeness (QED) is 0.774. The number of likely N-dealkylation sites (tertiary alicyclic amines) is 1. The number of carbonyl (C=O) groups excluding carboxylic acids is 2. The van der Waals surface area contributed by atoms with Gasteiger partial charge in [0.15, 0.2) is 0 Å². The van der Waals surface area contributed by atoms with Crippen LogP contribution in [0.2, 0.25) is 0 Å². The summed E-state index contributed by atoms with van der Waals surface area (Å²) in [5.41, 5.74) is 7.94. The van der Waals surface area contributed by atoms with Crippen molar-refractivity contribution >= 4 is 24.2 Å². The number of piperidine rings is 1. The molecule has 1 fully saturated rings. The lowest BCUT2D eigenvalue weighted by Crippen LogP contribution is -2.46. The summed E-state index contributed by atoms with van der Waals surface area (Å²) in [6.07, 6.45) is 4.06. The van der Waals surface area contributed by atoms with Gasteiger partial charge in [-0.2, -0.15) is 0 Å². The van der Waals surface area contributed by atoms with E-state index in [0.717, 1.165) is 32.2 Å². The molecule has 1 heterocycles. The molecule has 1 saturated heterocycles. The van der Waals surface area contributed by atoms with Crippen LogP contribution in [0.25, 0.3) is 0 Å². The number of amides is 2. The number of nitrogens with two attached hydrogens (primary N) is 1. The molecule has 2 amide bonds. The zero-order valence-electron chi connectivity index (χ0n) is 15.0. The van der Waals surface area contributed by atoms with Crippen molar-refractivity contribution in [2.75, 3.05) is 26.2 Å². The Labute approximate surface area is 156 Å². The van der Waals surface area contributed by atoms with Crippen molar-refractivity contribution in [2.24, 2.45) is 11.7 Å². The molecule has 1 unspecified atom stereocenters. The van der Waals surface area contributed by atoms with E-state index in [0.29, 0.717) is 26.1 Å². The number of nitrogens with zero attached hydrogens (tertiary/aromatic N) is 1. The van der Waals surface area contributed by atoms with Crippen molar-refractivity contribution in [1.82, 2.24) is 10.2 Å². The van der Waals surface area contributed by atoms with Crippen LogP contribution >= 0.6 is 12.4 Å². The molecular weight excluding hydrogens is 338 g/mol. The molecule has 0 saturated carbocycles. The molecule has 0 aromatic heterocycles. The van der Waals surface area contributed by atoms with Crippen molar-refractivity contribution in [1.29, 1.82) is 0 Å². The van der Waals surface area contributed by atoms with E-state index >= 15 is 0 Å². The second-order valence-corrected chi connectivity index (χ2v) is 6.60. The number of carbonyl (C=O) groups is 2. The van der Waals surface area contributed by atoms with Gasteiger partial charge in [-0.05, 0) is 38.2 Å². The number of halogens is 1. The second-order valence-electron chi connectivity index (χ2n) is 6.60. The molecule has 0 spiro atoms. The maximum atomic E-state index is 12.4. The second kappa shape index (κ2) is 11.1. The summed E-state index contributed by atoms with van der Waals surface area (Å²) in [5, 5.41) is 2.83. The average Bonchev–Trinajstić information content (AvgIpc) is 2.61. The third-order valence-corrected chi connectivity index (χ3v) is 4.57. The number of aryl methyl sites for hydroxylation is 2. The molecule has 1 aliphatic rings. The Kier molecular flexibility index (Phi) is 9.53. The smallest absolute Gasteiger partial charge is 0.224 e. The van der Waals surface area contributed by atoms with Gasteiger partial charge in [0.1, 0.15) is 0 Å². The van der Waals surface area contributed by atoms with E-state index in [1.54, 1.807) is 0 Å². The zero-order valence-corrected chi connectivity index (χ0v) is 15.8. The van der Waals surface area contributed by atoms with Gasteiger partial charge >= 0.3 is 0 Å². The van der Waals surface area contributed by atoms with Gasteiger partial charge in [-0.1, -0.05) is 29.8 Å². The highest BCUT2D eigenvalue weighted by Crippen LogP contribution is 2.18. The topological polar surface area (TPSA) is 75.4 Å². The van der Waals surface area contributed by atoms with E-state index < -0.39 is 0 Å². The number of hydrogen-bond acceptors (Lipinski definition) is 3. The highest BCUT2D eigenvalue weighted by Gasteiger charge is 2.27. The normalized spacial score (nSPS) is 16.9. The Balaban J connectivity index is 0.00000312. The first-order valence-electron chi connectivity index (χ1n) is 8.91. The van der Waals surface area contributed by atoms with Gasteiger partial charge in [0.2, 0.25) is 11.8 Å². The summed E-state index contributed by atoms with van der Waals surface area (Å²) < 4.78 is 0. The SMILES string of the molecule is Cc1ccc(CCCC(=O)N2CCCC(C(=O)NCCN)C2)cc1.Cl. The van der Waals surface area contributed by atoms with Gasteiger partial charge in [-0.3, -0.25) is 9.59 Å². The predicted octanol–water partition coefficient (Wildman–Crippen LogP) is 2.05. The lowest BCUT2D eigenvalue weighted by molar-refractivity contribution is -0.135. The number of hydrogen-bond donors (Lipinski definition) is 2. The number of benzene rings is 1. The lowest BCUT2D eigenvalue weighted by Gasteiger charge is -2.32. The van der Waals surface area contributed by atoms with Crippen molar-refractivity contribution < 1.29 is 9.59 Å². The fraction of sp³-hybridized carbons (Fsp3) is 0.579. The minimum atomic E-state index is -0.0913. The van der Waals surface area contributed by atoms with Gasteiger partial charge in [-0.15, -0.1) is 12.4 Å². The first kappa shape index (κ1) is 21.5. The predicted molar refractivity (Wildman–Crippen MR) is 103 cm³/mol. The molecular formula is C19H30ClN3O2. The average molecular weight is 368 g/mol. The Morgan fingerprint density at radius 3 is 2.68 bits per heavy atom. The number of nitrogens with one attached hydrogen (secondary N) is 1. The summed E-state index contributed by atoms with van der Waals surface area (Å²) in [6.45, 7) is 4.33. The van der Waals surface area contributed by atoms with Crippen LogP contribution in [0.15, 0.2) is 24.3 Å². The first-order valence-corrected chi connectivity index (χ1v) is 8.91. The Hall–Kier alpha value is -1.59. The molecule has 0 aliphatic carbocycles. The fourth-order valence-electron chi connectivity index (χ4n) is 3.11. The van der Waals surface area contributed by atoms with Crippen LogP contribution in [0, 0.1) is 12.8 Å². The van der Waals surface area contributed by atoms with E-state index in [-0.39, 0.29) is 30.1 Å². The van der Waals surface area contributed by atoms with Crippen LogP contribution in [-0.2, 0) is 16.0 Å². The molecule has 1 aromatic carbocycles. The van der Waals surface area contributed by atoms with Crippen molar-refractivity contribution in [3.8, 4) is 0 Å². The molecule has 1 atom stereocenters.